The van der Waals surface area contributed by atoms with Crippen LogP contribution >= 0.6 is 0 Å². The lowest BCUT2D eigenvalue weighted by Gasteiger charge is -1.98. The van der Waals surface area contributed by atoms with Crippen LogP contribution in [0.5, 0.6) is 0 Å². The van der Waals surface area contributed by atoms with Gasteiger partial charge in [0.15, 0.2) is 11.1 Å². The topological polar surface area (TPSA) is 37.3 Å². The summed E-state index contributed by atoms with van der Waals surface area (Å²) in [7, 11) is 0. The third kappa shape index (κ3) is 4.93. The molecule has 0 aromatic carbocycles. The Hall–Kier alpha value is -0.410. The van der Waals surface area contributed by atoms with E-state index in [1.165, 1.54) is 6.08 Å². The molecule has 11 heavy (non-hydrogen) atoms. The molecule has 0 aliphatic rings. The predicted octanol–water partition coefficient (Wildman–Crippen LogP) is 2.32. The van der Waals surface area contributed by atoms with Crippen LogP contribution in [0.25, 0.3) is 0 Å². The molecule has 0 aliphatic carbocycles. The van der Waals surface area contributed by atoms with Gasteiger partial charge in [-0.2, -0.15) is 0 Å². The molecule has 0 saturated heterocycles. The van der Waals surface area contributed by atoms with Crippen molar-refractivity contribution >= 4 is 11.1 Å². The molecule has 3 heteroatoms. The van der Waals surface area contributed by atoms with E-state index in [9.17, 15) is 4.21 Å². The molecule has 0 spiro atoms. The summed E-state index contributed by atoms with van der Waals surface area (Å²) >= 11 is -1.88. The van der Waals surface area contributed by atoms with E-state index in [2.05, 4.69) is 20.4 Å². The first-order valence-corrected chi connectivity index (χ1v) is 4.62. The van der Waals surface area contributed by atoms with Crippen LogP contribution in [-0.4, -0.2) is 8.76 Å². The summed E-state index contributed by atoms with van der Waals surface area (Å²) in [5, 5.41) is 0. The maximum atomic E-state index is 10.5. The number of hydrogen-bond donors (Lipinski definition) is 1. The minimum Gasteiger partial charge on any atom is -0.302 e. The fourth-order valence-corrected chi connectivity index (χ4v) is 0.959. The van der Waals surface area contributed by atoms with Crippen LogP contribution < -0.4 is 0 Å². The second-order valence-electron chi connectivity index (χ2n) is 2.69. The second-order valence-corrected chi connectivity index (χ2v) is 3.66. The zero-order valence-electron chi connectivity index (χ0n) is 6.91. The summed E-state index contributed by atoms with van der Waals surface area (Å²) in [6.07, 6.45) is 3.97. The van der Waals surface area contributed by atoms with Gasteiger partial charge in [0.25, 0.3) is 0 Å². The summed E-state index contributed by atoms with van der Waals surface area (Å²) in [5.74, 6) is 0.508. The van der Waals surface area contributed by atoms with Gasteiger partial charge in [-0.15, -0.1) is 0 Å². The third-order valence-corrected chi connectivity index (χ3v) is 1.93. The molecule has 1 unspecified atom stereocenters. The first-order chi connectivity index (χ1) is 5.07. The molecule has 0 fully saturated rings. The monoisotopic (exact) mass is 174 g/mol. The summed E-state index contributed by atoms with van der Waals surface area (Å²) in [4.78, 5) is 0.402. The number of rotatable bonds is 4. The summed E-state index contributed by atoms with van der Waals surface area (Å²) in [6.45, 7) is 7.55. The van der Waals surface area contributed by atoms with Gasteiger partial charge in [-0.3, -0.25) is 0 Å². The van der Waals surface area contributed by atoms with Crippen LogP contribution in [0.2, 0.25) is 0 Å². The Morgan fingerprint density at radius 2 is 2.27 bits per heavy atom. The average molecular weight is 174 g/mol. The molecule has 1 N–H and O–H groups in total. The maximum absolute atomic E-state index is 10.5. The minimum absolute atomic E-state index is 0.402. The Bertz CT molecular complexity index is 183. The lowest BCUT2D eigenvalue weighted by atomic mass is 10.1. The highest BCUT2D eigenvalue weighted by Crippen LogP contribution is 2.07. The molecule has 0 aromatic rings. The summed E-state index contributed by atoms with van der Waals surface area (Å²) in [6, 6.07) is 0. The van der Waals surface area contributed by atoms with Crippen LogP contribution in [0.15, 0.2) is 23.6 Å². The Balaban J connectivity index is 4.13. The van der Waals surface area contributed by atoms with Crippen LogP contribution in [0.4, 0.5) is 0 Å². The molecule has 0 bridgehead atoms. The Labute approximate surface area is 70.3 Å². The molecule has 0 amide bonds. The van der Waals surface area contributed by atoms with Crippen LogP contribution in [-0.2, 0) is 11.1 Å². The van der Waals surface area contributed by atoms with Crippen molar-refractivity contribution < 1.29 is 8.76 Å². The lowest BCUT2D eigenvalue weighted by Crippen LogP contribution is -1.91. The summed E-state index contributed by atoms with van der Waals surface area (Å²) < 4.78 is 19.2. The Kier molecular flexibility index (Phi) is 5.07. The van der Waals surface area contributed by atoms with Gasteiger partial charge in [0.2, 0.25) is 0 Å². The van der Waals surface area contributed by atoms with E-state index in [-0.39, 0.29) is 0 Å². The van der Waals surface area contributed by atoms with E-state index >= 15 is 0 Å². The first-order valence-electron chi connectivity index (χ1n) is 3.51. The van der Waals surface area contributed by atoms with E-state index in [4.69, 9.17) is 4.55 Å². The van der Waals surface area contributed by atoms with Gasteiger partial charge in [0.1, 0.15) is 0 Å². The van der Waals surface area contributed by atoms with Crippen molar-refractivity contribution in [3.05, 3.63) is 23.6 Å². The van der Waals surface area contributed by atoms with Crippen molar-refractivity contribution in [3.63, 3.8) is 0 Å². The van der Waals surface area contributed by atoms with Gasteiger partial charge >= 0.3 is 0 Å². The maximum Gasteiger partial charge on any atom is 0.186 e. The molecule has 0 saturated carbocycles. The predicted molar refractivity (Wildman–Crippen MR) is 48.5 cm³/mol. The van der Waals surface area contributed by atoms with Gasteiger partial charge in [0, 0.05) is 0 Å². The largest absolute Gasteiger partial charge is 0.302 e. The van der Waals surface area contributed by atoms with Crippen molar-refractivity contribution in [3.8, 4) is 0 Å². The minimum atomic E-state index is -1.88. The van der Waals surface area contributed by atoms with Crippen LogP contribution in [0.1, 0.15) is 20.3 Å². The van der Waals surface area contributed by atoms with Crippen molar-refractivity contribution in [1.82, 2.24) is 0 Å². The van der Waals surface area contributed by atoms with Gasteiger partial charge in [-0.05, 0) is 12.3 Å². The van der Waals surface area contributed by atoms with Crippen molar-refractivity contribution in [2.45, 2.75) is 20.3 Å². The third-order valence-electron chi connectivity index (χ3n) is 1.19. The molecule has 0 heterocycles. The van der Waals surface area contributed by atoms with E-state index in [0.29, 0.717) is 10.8 Å². The van der Waals surface area contributed by atoms with Gasteiger partial charge in [-0.1, -0.05) is 32.6 Å². The molecule has 64 valence electrons. The average Bonchev–Trinajstić information content (AvgIpc) is 1.87. The molecule has 0 radical (unpaired) electrons. The standard InChI is InChI=1S/C8H14O2S/c1-4-8(11(9)10)6-5-7(2)3/h4,6-7H,1,5H2,2-3H3,(H,9,10)/b8-6+. The van der Waals surface area contributed by atoms with E-state index in [1.54, 1.807) is 6.08 Å². The smallest absolute Gasteiger partial charge is 0.186 e. The zero-order valence-corrected chi connectivity index (χ0v) is 7.73. The fourth-order valence-electron chi connectivity index (χ4n) is 0.578. The fraction of sp³-hybridized carbons (Fsp3) is 0.500. The molecule has 0 rings (SSSR count). The highest BCUT2D eigenvalue weighted by molar-refractivity contribution is 7.83. The number of allylic oxidation sites excluding steroid dienone is 2. The Morgan fingerprint density at radius 3 is 2.55 bits per heavy atom. The van der Waals surface area contributed by atoms with Crippen molar-refractivity contribution in [2.24, 2.45) is 5.92 Å². The first kappa shape index (κ1) is 10.6. The zero-order chi connectivity index (χ0) is 8.85. The van der Waals surface area contributed by atoms with Crippen LogP contribution in [0.3, 0.4) is 0 Å². The quantitative estimate of drug-likeness (QED) is 0.524. The van der Waals surface area contributed by atoms with Gasteiger partial charge in [0.05, 0.1) is 4.91 Å². The van der Waals surface area contributed by atoms with E-state index in [1.807, 2.05) is 0 Å². The van der Waals surface area contributed by atoms with Gasteiger partial charge in [-0.25, -0.2) is 4.21 Å². The second kappa shape index (κ2) is 5.27. The van der Waals surface area contributed by atoms with Crippen molar-refractivity contribution in [1.29, 1.82) is 0 Å². The highest BCUT2D eigenvalue weighted by atomic mass is 32.2. The Morgan fingerprint density at radius 1 is 1.73 bits per heavy atom. The molecule has 0 aromatic heterocycles. The molecular formula is C8H14O2S. The van der Waals surface area contributed by atoms with E-state index in [0.717, 1.165) is 6.42 Å². The summed E-state index contributed by atoms with van der Waals surface area (Å²) in [5.41, 5.74) is 0. The SMILES string of the molecule is C=C/C(=C\CC(C)C)S(=O)O. The molecular weight excluding hydrogens is 160 g/mol. The van der Waals surface area contributed by atoms with Crippen molar-refractivity contribution in [2.75, 3.05) is 0 Å². The highest BCUT2D eigenvalue weighted by Gasteiger charge is 1.98. The van der Waals surface area contributed by atoms with Crippen LogP contribution in [0, 0.1) is 5.92 Å². The van der Waals surface area contributed by atoms with Gasteiger partial charge < -0.3 is 4.55 Å². The molecule has 1 atom stereocenters. The normalized spacial score (nSPS) is 15.1. The number of hydrogen-bond acceptors (Lipinski definition) is 1. The lowest BCUT2D eigenvalue weighted by molar-refractivity contribution is 0.571. The van der Waals surface area contributed by atoms with E-state index < -0.39 is 11.1 Å². The molecule has 2 nitrogen and oxygen atoms in total. The molecule has 0 aliphatic heterocycles.